The number of thiophene rings is 1. The topological polar surface area (TPSA) is 74.8 Å². The molecule has 0 unspecified atom stereocenters. The molecular weight excluding hydrogens is 376 g/mol. The lowest BCUT2D eigenvalue weighted by Gasteiger charge is -2.38. The van der Waals surface area contributed by atoms with Crippen LogP contribution in [0, 0.1) is 12.8 Å². The van der Waals surface area contributed by atoms with Crippen LogP contribution in [0.5, 0.6) is 0 Å². The predicted molar refractivity (Wildman–Crippen MR) is 107 cm³/mol. The first-order valence-corrected chi connectivity index (χ1v) is 10.9. The Bertz CT molecular complexity index is 745. The Morgan fingerprint density at radius 3 is 2.14 bits per heavy atom. The molecule has 2 fully saturated rings. The molecule has 152 valence electrons. The molecule has 3 rings (SSSR count). The SMILES string of the molecule is Cc1ccc(C(=O)CCC(=O)CCC(=O)N2CCN(C(=O)C3CCC3)CC2)s1. The second-order valence-corrected chi connectivity index (χ2v) is 8.99. The molecule has 0 N–H and O–H groups in total. The minimum atomic E-state index is -0.0474. The molecule has 0 bridgehead atoms. The zero-order valence-corrected chi connectivity index (χ0v) is 17.3. The van der Waals surface area contributed by atoms with Crippen molar-refractivity contribution in [1.29, 1.82) is 0 Å². The van der Waals surface area contributed by atoms with Crippen LogP contribution in [0.4, 0.5) is 0 Å². The molecule has 28 heavy (non-hydrogen) atoms. The predicted octanol–water partition coefficient (Wildman–Crippen LogP) is 2.84. The smallest absolute Gasteiger partial charge is 0.225 e. The van der Waals surface area contributed by atoms with Gasteiger partial charge in [0.1, 0.15) is 5.78 Å². The normalized spacial score (nSPS) is 17.3. The van der Waals surface area contributed by atoms with E-state index in [0.29, 0.717) is 31.1 Å². The molecule has 2 aliphatic rings. The van der Waals surface area contributed by atoms with Gasteiger partial charge in [0, 0.05) is 62.7 Å². The summed E-state index contributed by atoms with van der Waals surface area (Å²) in [5.41, 5.74) is 0. The Morgan fingerprint density at radius 2 is 1.57 bits per heavy atom. The monoisotopic (exact) mass is 404 g/mol. The lowest BCUT2D eigenvalue weighted by molar-refractivity contribution is -0.144. The van der Waals surface area contributed by atoms with Crippen LogP contribution < -0.4 is 0 Å². The second-order valence-electron chi connectivity index (χ2n) is 7.71. The first-order chi connectivity index (χ1) is 13.4. The standard InChI is InChI=1S/C21H28N2O4S/c1-15-5-9-19(28-15)18(25)8-6-17(24)7-10-20(26)22-11-13-23(14-12-22)21(27)16-3-2-4-16/h5,9,16H,2-4,6-8,10-14H2,1H3. The minimum absolute atomic E-state index is 0.00923. The van der Waals surface area contributed by atoms with Crippen LogP contribution in [0.25, 0.3) is 0 Å². The Balaban J connectivity index is 1.33. The van der Waals surface area contributed by atoms with Gasteiger partial charge in [-0.05, 0) is 31.9 Å². The molecule has 2 amide bonds. The molecular formula is C21H28N2O4S. The van der Waals surface area contributed by atoms with Gasteiger partial charge in [0.15, 0.2) is 5.78 Å². The van der Waals surface area contributed by atoms with Crippen LogP contribution in [0.2, 0.25) is 0 Å². The van der Waals surface area contributed by atoms with Crippen molar-refractivity contribution >= 4 is 34.7 Å². The molecule has 1 aromatic heterocycles. The lowest BCUT2D eigenvalue weighted by Crippen LogP contribution is -2.52. The van der Waals surface area contributed by atoms with Crippen LogP contribution in [-0.4, -0.2) is 59.4 Å². The molecule has 1 aliphatic carbocycles. The van der Waals surface area contributed by atoms with Crippen LogP contribution >= 0.6 is 11.3 Å². The number of hydrogen-bond donors (Lipinski definition) is 0. The van der Waals surface area contributed by atoms with E-state index in [0.717, 1.165) is 24.1 Å². The Hall–Kier alpha value is -2.02. The summed E-state index contributed by atoms with van der Waals surface area (Å²) in [4.78, 5) is 54.1. The van der Waals surface area contributed by atoms with Gasteiger partial charge in [-0.1, -0.05) is 6.42 Å². The van der Waals surface area contributed by atoms with Gasteiger partial charge in [-0.25, -0.2) is 0 Å². The molecule has 1 aromatic rings. The van der Waals surface area contributed by atoms with Crippen LogP contribution in [0.1, 0.15) is 59.5 Å². The Morgan fingerprint density at radius 1 is 0.929 bits per heavy atom. The summed E-state index contributed by atoms with van der Waals surface area (Å²) in [7, 11) is 0. The summed E-state index contributed by atoms with van der Waals surface area (Å²) in [6.45, 7) is 4.21. The summed E-state index contributed by atoms with van der Waals surface area (Å²) in [6, 6.07) is 3.70. The van der Waals surface area contributed by atoms with E-state index in [2.05, 4.69) is 0 Å². The van der Waals surface area contributed by atoms with Crippen molar-refractivity contribution in [3.63, 3.8) is 0 Å². The number of carbonyl (C=O) groups excluding carboxylic acids is 4. The average Bonchev–Trinajstić information content (AvgIpc) is 3.09. The fourth-order valence-electron chi connectivity index (χ4n) is 3.58. The maximum atomic E-state index is 12.3. The summed E-state index contributed by atoms with van der Waals surface area (Å²) in [6.07, 6.45) is 3.88. The van der Waals surface area contributed by atoms with Crippen molar-refractivity contribution in [3.8, 4) is 0 Å². The van der Waals surface area contributed by atoms with Crippen molar-refractivity contribution in [2.75, 3.05) is 26.2 Å². The van der Waals surface area contributed by atoms with E-state index >= 15 is 0 Å². The number of nitrogens with zero attached hydrogens (tertiary/aromatic N) is 2. The highest BCUT2D eigenvalue weighted by atomic mass is 32.1. The van der Waals surface area contributed by atoms with Crippen molar-refractivity contribution in [2.45, 2.75) is 51.9 Å². The number of aryl methyl sites for hydroxylation is 1. The molecule has 0 atom stereocenters. The lowest BCUT2D eigenvalue weighted by atomic mass is 9.84. The van der Waals surface area contributed by atoms with E-state index in [-0.39, 0.29) is 55.0 Å². The molecule has 0 aromatic carbocycles. The van der Waals surface area contributed by atoms with E-state index < -0.39 is 0 Å². The van der Waals surface area contributed by atoms with Crippen molar-refractivity contribution in [3.05, 3.63) is 21.9 Å². The highest BCUT2D eigenvalue weighted by Gasteiger charge is 2.32. The third-order valence-electron chi connectivity index (χ3n) is 5.66. The minimum Gasteiger partial charge on any atom is -0.339 e. The number of Topliss-reactive ketones (excluding diaryl/α,β-unsaturated/α-hetero) is 2. The number of carbonyl (C=O) groups is 4. The van der Waals surface area contributed by atoms with Gasteiger partial charge in [-0.2, -0.15) is 0 Å². The van der Waals surface area contributed by atoms with Gasteiger partial charge < -0.3 is 9.80 Å². The number of hydrogen-bond acceptors (Lipinski definition) is 5. The largest absolute Gasteiger partial charge is 0.339 e. The third-order valence-corrected chi connectivity index (χ3v) is 6.70. The summed E-state index contributed by atoms with van der Waals surface area (Å²) >= 11 is 1.44. The average molecular weight is 405 g/mol. The first-order valence-electron chi connectivity index (χ1n) is 10.1. The first kappa shape index (κ1) is 20.7. The van der Waals surface area contributed by atoms with E-state index in [9.17, 15) is 19.2 Å². The van der Waals surface area contributed by atoms with Crippen LogP contribution in [-0.2, 0) is 14.4 Å². The summed E-state index contributed by atoms with van der Waals surface area (Å²) < 4.78 is 0. The number of amides is 2. The van der Waals surface area contributed by atoms with Gasteiger partial charge >= 0.3 is 0 Å². The molecule has 7 heteroatoms. The van der Waals surface area contributed by atoms with Gasteiger partial charge in [0.05, 0.1) is 4.88 Å². The van der Waals surface area contributed by atoms with Gasteiger partial charge in [0.25, 0.3) is 0 Å². The zero-order valence-electron chi connectivity index (χ0n) is 16.4. The van der Waals surface area contributed by atoms with Crippen LogP contribution in [0.15, 0.2) is 12.1 Å². The fourth-order valence-corrected chi connectivity index (χ4v) is 4.41. The Labute approximate surface area is 169 Å². The highest BCUT2D eigenvalue weighted by Crippen LogP contribution is 2.28. The fraction of sp³-hybridized carbons (Fsp3) is 0.619. The van der Waals surface area contributed by atoms with Gasteiger partial charge in [0.2, 0.25) is 11.8 Å². The summed E-state index contributed by atoms with van der Waals surface area (Å²) in [5, 5.41) is 0. The maximum absolute atomic E-state index is 12.3. The van der Waals surface area contributed by atoms with Crippen molar-refractivity contribution < 1.29 is 19.2 Å². The molecule has 1 saturated carbocycles. The van der Waals surface area contributed by atoms with Crippen molar-refractivity contribution in [2.24, 2.45) is 5.92 Å². The van der Waals surface area contributed by atoms with Crippen molar-refractivity contribution in [1.82, 2.24) is 9.80 Å². The maximum Gasteiger partial charge on any atom is 0.225 e. The number of ketones is 2. The highest BCUT2D eigenvalue weighted by molar-refractivity contribution is 7.14. The number of rotatable bonds is 8. The second kappa shape index (κ2) is 9.45. The van der Waals surface area contributed by atoms with Gasteiger partial charge in [-0.3, -0.25) is 19.2 Å². The Kier molecular flexibility index (Phi) is 6.99. The molecule has 6 nitrogen and oxygen atoms in total. The molecule has 0 radical (unpaired) electrons. The van der Waals surface area contributed by atoms with E-state index in [1.807, 2.05) is 17.9 Å². The zero-order chi connectivity index (χ0) is 20.1. The van der Waals surface area contributed by atoms with Crippen LogP contribution in [0.3, 0.4) is 0 Å². The molecule has 1 aliphatic heterocycles. The third kappa shape index (κ3) is 5.28. The van der Waals surface area contributed by atoms with E-state index in [1.54, 1.807) is 11.0 Å². The molecule has 0 spiro atoms. The van der Waals surface area contributed by atoms with E-state index in [4.69, 9.17) is 0 Å². The summed E-state index contributed by atoms with van der Waals surface area (Å²) in [5.74, 6) is 0.336. The number of piperazine rings is 1. The molecule has 2 heterocycles. The van der Waals surface area contributed by atoms with Gasteiger partial charge in [-0.15, -0.1) is 11.3 Å². The molecule has 1 saturated heterocycles. The van der Waals surface area contributed by atoms with E-state index in [1.165, 1.54) is 11.3 Å². The quantitative estimate of drug-likeness (QED) is 0.625.